The van der Waals surface area contributed by atoms with Crippen molar-refractivity contribution in [2.24, 2.45) is 7.05 Å². The second-order valence-corrected chi connectivity index (χ2v) is 7.12. The number of aromatic nitrogens is 5. The highest BCUT2D eigenvalue weighted by Crippen LogP contribution is 2.29. The maximum atomic E-state index is 12.4. The minimum absolute atomic E-state index is 0.0683. The first-order valence-corrected chi connectivity index (χ1v) is 9.39. The molecule has 0 unspecified atom stereocenters. The Morgan fingerprint density at radius 2 is 1.89 bits per heavy atom. The largest absolute Gasteiger partial charge is 0.367 e. The molecular formula is C20H22N6O2. The summed E-state index contributed by atoms with van der Waals surface area (Å²) >= 11 is 0. The van der Waals surface area contributed by atoms with Crippen LogP contribution in [0.3, 0.4) is 0 Å². The van der Waals surface area contributed by atoms with E-state index in [0.717, 1.165) is 36.9 Å². The third-order valence-electron chi connectivity index (χ3n) is 5.15. The molecule has 0 saturated heterocycles. The molecule has 0 radical (unpaired) electrons. The zero-order valence-electron chi connectivity index (χ0n) is 15.7. The lowest BCUT2D eigenvalue weighted by Crippen LogP contribution is -2.33. The predicted octanol–water partition coefficient (Wildman–Crippen LogP) is 1.99. The fraction of sp³-hybridized carbons (Fsp3) is 0.350. The van der Waals surface area contributed by atoms with Gasteiger partial charge in [0.05, 0.1) is 18.1 Å². The molecule has 28 heavy (non-hydrogen) atoms. The fourth-order valence-corrected chi connectivity index (χ4v) is 3.57. The zero-order valence-corrected chi connectivity index (χ0v) is 15.7. The lowest BCUT2D eigenvalue weighted by Gasteiger charge is -2.30. The maximum Gasteiger partial charge on any atom is 0.267 e. The maximum absolute atomic E-state index is 12.4. The van der Waals surface area contributed by atoms with Crippen LogP contribution < -0.4 is 16.4 Å². The summed E-state index contributed by atoms with van der Waals surface area (Å²) in [6.45, 7) is 0. The van der Waals surface area contributed by atoms with E-state index in [2.05, 4.69) is 20.4 Å². The average molecular weight is 378 g/mol. The molecule has 1 fully saturated rings. The standard InChI is InChI=1S/C20H22N6O2/c1-25-13-22-18(11-20(25)28)23-15-4-6-16(7-5-15)26-19(27)9-8-17(24-26)14-3-2-10-21-12-14/h2-3,8-13,15-16,23H,4-7H2,1H3. The number of nitrogens with one attached hydrogen (secondary N) is 1. The van der Waals surface area contributed by atoms with Crippen molar-refractivity contribution in [3.63, 3.8) is 0 Å². The van der Waals surface area contributed by atoms with Crippen molar-refractivity contribution in [1.29, 1.82) is 0 Å². The molecule has 0 spiro atoms. The van der Waals surface area contributed by atoms with Gasteiger partial charge in [-0.3, -0.25) is 14.6 Å². The van der Waals surface area contributed by atoms with Crippen molar-refractivity contribution in [2.75, 3.05) is 5.32 Å². The first-order chi connectivity index (χ1) is 13.6. The van der Waals surface area contributed by atoms with Gasteiger partial charge in [0.1, 0.15) is 5.82 Å². The molecular weight excluding hydrogens is 356 g/mol. The van der Waals surface area contributed by atoms with Crippen LogP contribution in [0.5, 0.6) is 0 Å². The number of hydrogen-bond donors (Lipinski definition) is 1. The molecule has 0 amide bonds. The zero-order chi connectivity index (χ0) is 19.5. The van der Waals surface area contributed by atoms with E-state index >= 15 is 0 Å². The Morgan fingerprint density at radius 1 is 1.07 bits per heavy atom. The molecule has 8 nitrogen and oxygen atoms in total. The van der Waals surface area contributed by atoms with Gasteiger partial charge in [0.15, 0.2) is 0 Å². The van der Waals surface area contributed by atoms with Crippen LogP contribution in [0.15, 0.2) is 58.6 Å². The minimum atomic E-state index is -0.0887. The van der Waals surface area contributed by atoms with E-state index in [-0.39, 0.29) is 23.2 Å². The van der Waals surface area contributed by atoms with Crippen molar-refractivity contribution in [3.8, 4) is 11.3 Å². The van der Waals surface area contributed by atoms with E-state index in [4.69, 9.17) is 0 Å². The van der Waals surface area contributed by atoms with Gasteiger partial charge in [-0.05, 0) is 43.9 Å². The van der Waals surface area contributed by atoms with Crippen molar-refractivity contribution in [3.05, 3.63) is 69.8 Å². The molecule has 1 N–H and O–H groups in total. The fourth-order valence-electron chi connectivity index (χ4n) is 3.57. The van der Waals surface area contributed by atoms with Crippen LogP contribution in [0.1, 0.15) is 31.7 Å². The molecule has 3 aromatic heterocycles. The molecule has 1 aliphatic carbocycles. The van der Waals surface area contributed by atoms with E-state index in [9.17, 15) is 9.59 Å². The first-order valence-electron chi connectivity index (χ1n) is 9.39. The summed E-state index contributed by atoms with van der Waals surface area (Å²) in [6.07, 6.45) is 8.42. The van der Waals surface area contributed by atoms with Gasteiger partial charge in [-0.25, -0.2) is 9.67 Å². The molecule has 8 heteroatoms. The summed E-state index contributed by atoms with van der Waals surface area (Å²) in [5, 5.41) is 7.92. The first kappa shape index (κ1) is 18.1. The number of anilines is 1. The van der Waals surface area contributed by atoms with Crippen LogP contribution in [0.2, 0.25) is 0 Å². The monoisotopic (exact) mass is 378 g/mol. The third-order valence-corrected chi connectivity index (χ3v) is 5.15. The summed E-state index contributed by atoms with van der Waals surface area (Å²) < 4.78 is 3.05. The second kappa shape index (κ2) is 7.75. The Hall–Kier alpha value is -3.29. The molecule has 1 saturated carbocycles. The highest BCUT2D eigenvalue weighted by atomic mass is 16.1. The third kappa shape index (κ3) is 3.85. The van der Waals surface area contributed by atoms with E-state index < -0.39 is 0 Å². The SMILES string of the molecule is Cn1cnc(NC2CCC(n3nc(-c4cccnc4)ccc3=O)CC2)cc1=O. The minimum Gasteiger partial charge on any atom is -0.367 e. The highest BCUT2D eigenvalue weighted by Gasteiger charge is 2.24. The molecule has 0 bridgehead atoms. The molecule has 0 atom stereocenters. The van der Waals surface area contributed by atoms with Crippen LogP contribution in [-0.2, 0) is 7.05 Å². The Balaban J connectivity index is 1.45. The molecule has 0 aliphatic heterocycles. The van der Waals surface area contributed by atoms with Crippen LogP contribution in [-0.4, -0.2) is 30.4 Å². The van der Waals surface area contributed by atoms with Gasteiger partial charge < -0.3 is 9.88 Å². The molecule has 1 aliphatic rings. The van der Waals surface area contributed by atoms with Gasteiger partial charge in [0.25, 0.3) is 11.1 Å². The number of rotatable bonds is 4. The van der Waals surface area contributed by atoms with E-state index in [1.165, 1.54) is 17.0 Å². The molecule has 4 rings (SSSR count). The summed E-state index contributed by atoms with van der Waals surface area (Å²) in [5.41, 5.74) is 1.46. The lowest BCUT2D eigenvalue weighted by atomic mass is 9.91. The summed E-state index contributed by atoms with van der Waals surface area (Å²) in [6, 6.07) is 8.91. The Morgan fingerprint density at radius 3 is 2.61 bits per heavy atom. The van der Waals surface area contributed by atoms with Gasteiger partial charge in [-0.1, -0.05) is 0 Å². The number of aryl methyl sites for hydroxylation is 1. The van der Waals surface area contributed by atoms with E-state index in [1.54, 1.807) is 36.3 Å². The lowest BCUT2D eigenvalue weighted by molar-refractivity contribution is 0.304. The Labute approximate surface area is 161 Å². The molecule has 144 valence electrons. The number of nitrogens with zero attached hydrogens (tertiary/aromatic N) is 5. The molecule has 3 heterocycles. The number of hydrogen-bond acceptors (Lipinski definition) is 6. The van der Waals surface area contributed by atoms with Gasteiger partial charge in [-0.2, -0.15) is 5.10 Å². The summed E-state index contributed by atoms with van der Waals surface area (Å²) in [4.78, 5) is 32.5. The highest BCUT2D eigenvalue weighted by molar-refractivity contribution is 5.56. The van der Waals surface area contributed by atoms with Crippen molar-refractivity contribution < 1.29 is 0 Å². The van der Waals surface area contributed by atoms with Gasteiger partial charge in [0, 0.05) is 43.2 Å². The van der Waals surface area contributed by atoms with Crippen LogP contribution in [0.4, 0.5) is 5.82 Å². The van der Waals surface area contributed by atoms with Crippen LogP contribution >= 0.6 is 0 Å². The normalized spacial score (nSPS) is 19.3. The molecule has 3 aromatic rings. The summed E-state index contributed by atoms with van der Waals surface area (Å²) in [5.74, 6) is 0.598. The topological polar surface area (TPSA) is 94.7 Å². The Kier molecular flexibility index (Phi) is 5.01. The second-order valence-electron chi connectivity index (χ2n) is 7.12. The quantitative estimate of drug-likeness (QED) is 0.746. The number of pyridine rings is 1. The van der Waals surface area contributed by atoms with E-state index in [1.807, 2.05) is 12.1 Å². The van der Waals surface area contributed by atoms with Gasteiger partial charge in [0.2, 0.25) is 0 Å². The summed E-state index contributed by atoms with van der Waals surface area (Å²) in [7, 11) is 1.68. The Bertz CT molecular complexity index is 1070. The smallest absolute Gasteiger partial charge is 0.267 e. The van der Waals surface area contributed by atoms with Gasteiger partial charge >= 0.3 is 0 Å². The average Bonchev–Trinajstić information content (AvgIpc) is 2.72. The van der Waals surface area contributed by atoms with Crippen molar-refractivity contribution >= 4 is 5.82 Å². The molecule has 0 aromatic carbocycles. The predicted molar refractivity (Wildman–Crippen MR) is 106 cm³/mol. The van der Waals surface area contributed by atoms with Crippen LogP contribution in [0, 0.1) is 0 Å². The van der Waals surface area contributed by atoms with Crippen LogP contribution in [0.25, 0.3) is 11.3 Å². The van der Waals surface area contributed by atoms with Gasteiger partial charge in [-0.15, -0.1) is 0 Å². The van der Waals surface area contributed by atoms with Crippen molar-refractivity contribution in [2.45, 2.75) is 37.8 Å². The van der Waals surface area contributed by atoms with Crippen molar-refractivity contribution in [1.82, 2.24) is 24.3 Å². The van der Waals surface area contributed by atoms with E-state index in [0.29, 0.717) is 5.82 Å².